The van der Waals surface area contributed by atoms with E-state index in [1.807, 2.05) is 43.3 Å². The number of anilines is 3. The molecule has 4 rings (SSSR count). The Kier molecular flexibility index (Phi) is 8.61. The largest absolute Gasteiger partial charge is 0.497 e. The van der Waals surface area contributed by atoms with E-state index < -0.39 is 11.7 Å². The van der Waals surface area contributed by atoms with Gasteiger partial charge in [0.1, 0.15) is 28.5 Å². The van der Waals surface area contributed by atoms with Crippen molar-refractivity contribution in [1.82, 2.24) is 20.2 Å². The molecule has 0 radical (unpaired) electrons. The molecule has 11 heteroatoms. The summed E-state index contributed by atoms with van der Waals surface area (Å²) in [6, 6.07) is 13.3. The molecule has 3 aromatic rings. The van der Waals surface area contributed by atoms with E-state index in [1.54, 1.807) is 46.0 Å². The number of nitrogens with one attached hydrogen (secondary N) is 3. The van der Waals surface area contributed by atoms with Gasteiger partial charge in [-0.1, -0.05) is 12.1 Å². The molecule has 0 bridgehead atoms. The Labute approximate surface area is 234 Å². The number of methoxy groups -OCH3 is 2. The van der Waals surface area contributed by atoms with Gasteiger partial charge in [0.2, 0.25) is 5.95 Å². The van der Waals surface area contributed by atoms with E-state index in [9.17, 15) is 9.59 Å². The standard InChI is InChI=1S/C29H36N6O5/c1-18-8-7-9-20(14-18)32-25-24-22(33-27(34-25)30-12-13-31-28(37)40-29(2,3)4)17-35(26(24)36)16-19-10-11-21(38-5)15-23(19)39-6/h7-11,14-15H,12-13,16-17H2,1-6H3,(H,31,37)(H2,30,32,33,34). The molecular weight excluding hydrogens is 512 g/mol. The number of ether oxygens (including phenoxy) is 3. The van der Waals surface area contributed by atoms with Crippen LogP contribution in [0.4, 0.5) is 22.2 Å². The average Bonchev–Trinajstić information content (AvgIpc) is 3.20. The van der Waals surface area contributed by atoms with Crippen molar-refractivity contribution in [2.24, 2.45) is 0 Å². The molecule has 2 heterocycles. The van der Waals surface area contributed by atoms with Crippen molar-refractivity contribution in [3.8, 4) is 11.5 Å². The van der Waals surface area contributed by atoms with Gasteiger partial charge in [0.05, 0.1) is 33.0 Å². The van der Waals surface area contributed by atoms with Gasteiger partial charge >= 0.3 is 6.09 Å². The summed E-state index contributed by atoms with van der Waals surface area (Å²) < 4.78 is 16.1. The smallest absolute Gasteiger partial charge is 0.407 e. The number of aryl methyl sites for hydroxylation is 1. The number of nitrogens with zero attached hydrogens (tertiary/aromatic N) is 3. The van der Waals surface area contributed by atoms with Crippen LogP contribution in [-0.2, 0) is 17.8 Å². The Bertz CT molecular complexity index is 1390. The van der Waals surface area contributed by atoms with E-state index in [0.29, 0.717) is 60.7 Å². The predicted molar refractivity (Wildman–Crippen MR) is 152 cm³/mol. The maximum Gasteiger partial charge on any atom is 0.407 e. The molecule has 0 saturated carbocycles. The zero-order valence-electron chi connectivity index (χ0n) is 23.8. The van der Waals surface area contributed by atoms with E-state index in [1.165, 1.54) is 0 Å². The van der Waals surface area contributed by atoms with Gasteiger partial charge in [0.25, 0.3) is 5.91 Å². The fourth-order valence-electron chi connectivity index (χ4n) is 4.25. The summed E-state index contributed by atoms with van der Waals surface area (Å²) in [5, 5.41) is 9.15. The molecule has 1 aliphatic rings. The number of aromatic nitrogens is 2. The molecule has 0 fully saturated rings. The number of alkyl carbamates (subject to hydrolysis) is 1. The summed E-state index contributed by atoms with van der Waals surface area (Å²) in [6.45, 7) is 8.72. The van der Waals surface area contributed by atoms with Gasteiger partial charge in [-0.15, -0.1) is 0 Å². The first-order valence-corrected chi connectivity index (χ1v) is 13.0. The Morgan fingerprint density at radius 2 is 1.85 bits per heavy atom. The number of hydrogen-bond donors (Lipinski definition) is 3. The number of rotatable bonds is 10. The van der Waals surface area contributed by atoms with Gasteiger partial charge in [0, 0.05) is 30.4 Å². The first-order chi connectivity index (χ1) is 19.1. The lowest BCUT2D eigenvalue weighted by molar-refractivity contribution is 0.0529. The molecule has 2 aromatic carbocycles. The number of hydrogen-bond acceptors (Lipinski definition) is 9. The van der Waals surface area contributed by atoms with E-state index in [4.69, 9.17) is 14.2 Å². The fraction of sp³-hybridized carbons (Fsp3) is 0.379. The maximum absolute atomic E-state index is 13.6. The highest BCUT2D eigenvalue weighted by molar-refractivity contribution is 6.03. The Morgan fingerprint density at radius 3 is 2.55 bits per heavy atom. The molecule has 3 N–H and O–H groups in total. The van der Waals surface area contributed by atoms with Crippen molar-refractivity contribution in [1.29, 1.82) is 0 Å². The van der Waals surface area contributed by atoms with E-state index in [-0.39, 0.29) is 5.91 Å². The second-order valence-electron chi connectivity index (χ2n) is 10.4. The van der Waals surface area contributed by atoms with Crippen LogP contribution in [0, 0.1) is 6.92 Å². The van der Waals surface area contributed by atoms with Gasteiger partial charge < -0.3 is 35.1 Å². The first kappa shape index (κ1) is 28.5. The second-order valence-corrected chi connectivity index (χ2v) is 10.4. The topological polar surface area (TPSA) is 127 Å². The van der Waals surface area contributed by atoms with E-state index in [0.717, 1.165) is 16.8 Å². The van der Waals surface area contributed by atoms with E-state index in [2.05, 4.69) is 25.9 Å². The summed E-state index contributed by atoms with van der Waals surface area (Å²) >= 11 is 0. The van der Waals surface area contributed by atoms with Crippen molar-refractivity contribution in [3.63, 3.8) is 0 Å². The molecule has 0 aliphatic carbocycles. The molecule has 11 nitrogen and oxygen atoms in total. The minimum atomic E-state index is -0.578. The predicted octanol–water partition coefficient (Wildman–Crippen LogP) is 4.64. The van der Waals surface area contributed by atoms with Crippen LogP contribution in [-0.4, -0.2) is 59.8 Å². The molecule has 0 unspecified atom stereocenters. The van der Waals surface area contributed by atoms with Gasteiger partial charge in [-0.05, 0) is 57.5 Å². The molecule has 0 atom stereocenters. The molecule has 2 amide bonds. The number of fused-ring (bicyclic) bond motifs is 1. The quantitative estimate of drug-likeness (QED) is 0.311. The molecule has 1 aromatic heterocycles. The van der Waals surface area contributed by atoms with Crippen LogP contribution in [0.1, 0.15) is 48.0 Å². The van der Waals surface area contributed by atoms with Gasteiger partial charge in [0.15, 0.2) is 0 Å². The van der Waals surface area contributed by atoms with Crippen LogP contribution in [0.15, 0.2) is 42.5 Å². The molecule has 0 spiro atoms. The summed E-state index contributed by atoms with van der Waals surface area (Å²) in [4.78, 5) is 36.5. The number of carbonyl (C=O) groups excluding carboxylic acids is 2. The summed E-state index contributed by atoms with van der Waals surface area (Å²) in [7, 11) is 3.18. The lowest BCUT2D eigenvalue weighted by Crippen LogP contribution is -2.35. The van der Waals surface area contributed by atoms with Crippen LogP contribution in [0.3, 0.4) is 0 Å². The summed E-state index contributed by atoms with van der Waals surface area (Å²) in [5.41, 5.74) is 3.17. The van der Waals surface area contributed by atoms with Crippen molar-refractivity contribution < 1.29 is 23.8 Å². The Morgan fingerprint density at radius 1 is 1.05 bits per heavy atom. The first-order valence-electron chi connectivity index (χ1n) is 13.0. The highest BCUT2D eigenvalue weighted by Gasteiger charge is 2.34. The summed E-state index contributed by atoms with van der Waals surface area (Å²) in [6.07, 6.45) is -0.499. The molecule has 40 heavy (non-hydrogen) atoms. The average molecular weight is 549 g/mol. The van der Waals surface area contributed by atoms with Crippen molar-refractivity contribution in [2.75, 3.05) is 37.9 Å². The van der Waals surface area contributed by atoms with Crippen LogP contribution >= 0.6 is 0 Å². The van der Waals surface area contributed by atoms with E-state index >= 15 is 0 Å². The SMILES string of the molecule is COc1ccc(CN2Cc3nc(NCCNC(=O)OC(C)(C)C)nc(Nc4cccc(C)c4)c3C2=O)c(OC)c1. The van der Waals surface area contributed by atoms with Gasteiger partial charge in [-0.25, -0.2) is 9.78 Å². The number of benzene rings is 2. The highest BCUT2D eigenvalue weighted by Crippen LogP contribution is 2.33. The Balaban J connectivity index is 1.55. The normalized spacial score (nSPS) is 12.6. The van der Waals surface area contributed by atoms with Crippen LogP contribution < -0.4 is 25.4 Å². The third-order valence-electron chi connectivity index (χ3n) is 6.04. The monoisotopic (exact) mass is 548 g/mol. The van der Waals surface area contributed by atoms with Crippen molar-refractivity contribution >= 4 is 29.5 Å². The second kappa shape index (κ2) is 12.1. The van der Waals surface area contributed by atoms with Crippen molar-refractivity contribution in [3.05, 3.63) is 64.8 Å². The highest BCUT2D eigenvalue weighted by atomic mass is 16.6. The number of carbonyl (C=O) groups is 2. The van der Waals surface area contributed by atoms with Crippen LogP contribution in [0.5, 0.6) is 11.5 Å². The molecule has 1 aliphatic heterocycles. The third-order valence-corrected chi connectivity index (χ3v) is 6.04. The molecule has 212 valence electrons. The molecule has 0 saturated heterocycles. The molecular formula is C29H36N6O5. The zero-order chi connectivity index (χ0) is 28.9. The minimum Gasteiger partial charge on any atom is -0.497 e. The lowest BCUT2D eigenvalue weighted by Gasteiger charge is -2.19. The third kappa shape index (κ3) is 7.10. The maximum atomic E-state index is 13.6. The van der Waals surface area contributed by atoms with Gasteiger partial charge in [-0.2, -0.15) is 4.98 Å². The summed E-state index contributed by atoms with van der Waals surface area (Å²) in [5.74, 6) is 1.88. The number of amides is 2. The Hall–Kier alpha value is -4.54. The zero-order valence-corrected chi connectivity index (χ0v) is 23.8. The fourth-order valence-corrected chi connectivity index (χ4v) is 4.25. The van der Waals surface area contributed by atoms with Crippen molar-refractivity contribution in [2.45, 2.75) is 46.4 Å². The minimum absolute atomic E-state index is 0.179. The van der Waals surface area contributed by atoms with Crippen LogP contribution in [0.2, 0.25) is 0 Å². The van der Waals surface area contributed by atoms with Gasteiger partial charge in [-0.3, -0.25) is 4.79 Å². The van der Waals surface area contributed by atoms with Crippen LogP contribution in [0.25, 0.3) is 0 Å². The lowest BCUT2D eigenvalue weighted by atomic mass is 10.1.